The van der Waals surface area contributed by atoms with Gasteiger partial charge in [-0.1, -0.05) is 19.1 Å². The Kier molecular flexibility index (Phi) is 4.90. The van der Waals surface area contributed by atoms with Gasteiger partial charge < -0.3 is 5.73 Å². The van der Waals surface area contributed by atoms with Crippen LogP contribution >= 0.6 is 0 Å². The number of halogens is 1. The highest BCUT2D eigenvalue weighted by molar-refractivity contribution is 5.25. The summed E-state index contributed by atoms with van der Waals surface area (Å²) in [5, 5.41) is 0. The molecule has 90 valence electrons. The lowest BCUT2D eigenvalue weighted by Crippen LogP contribution is -2.27. The van der Waals surface area contributed by atoms with E-state index in [1.807, 2.05) is 12.1 Å². The van der Waals surface area contributed by atoms with E-state index in [1.165, 1.54) is 6.07 Å². The number of nitrogens with zero attached hydrogens (tertiary/aromatic N) is 1. The molecule has 0 aliphatic heterocycles. The zero-order valence-electron chi connectivity index (χ0n) is 10.3. The maximum Gasteiger partial charge on any atom is 0.127 e. The summed E-state index contributed by atoms with van der Waals surface area (Å²) in [6.07, 6.45) is 1.11. The van der Waals surface area contributed by atoms with Crippen molar-refractivity contribution in [2.24, 2.45) is 5.73 Å². The van der Waals surface area contributed by atoms with E-state index in [9.17, 15) is 4.39 Å². The summed E-state index contributed by atoms with van der Waals surface area (Å²) in [5.41, 5.74) is 7.19. The normalized spacial score (nSPS) is 13.1. The fourth-order valence-electron chi connectivity index (χ4n) is 1.64. The third-order valence-electron chi connectivity index (χ3n) is 3.11. The van der Waals surface area contributed by atoms with Crippen LogP contribution in [0.5, 0.6) is 0 Å². The van der Waals surface area contributed by atoms with Crippen LogP contribution in [0.15, 0.2) is 18.2 Å². The average molecular weight is 224 g/mol. The summed E-state index contributed by atoms with van der Waals surface area (Å²) < 4.78 is 13.2. The maximum atomic E-state index is 13.2. The minimum atomic E-state index is -0.211. The van der Waals surface area contributed by atoms with E-state index in [4.69, 9.17) is 5.73 Å². The molecule has 1 aromatic rings. The van der Waals surface area contributed by atoms with Gasteiger partial charge in [0.2, 0.25) is 0 Å². The number of hydrogen-bond acceptors (Lipinski definition) is 2. The standard InChI is InChI=1S/C13H21FN2/c1-4-10(2)16(3)9-11-5-6-13(14)12(7-11)8-15/h5-7,10H,4,8-9,15H2,1-3H3. The molecule has 0 aliphatic carbocycles. The molecule has 3 heteroatoms. The van der Waals surface area contributed by atoms with Crippen molar-refractivity contribution in [3.63, 3.8) is 0 Å². The molecule has 0 heterocycles. The zero-order chi connectivity index (χ0) is 12.1. The fraction of sp³-hybridized carbons (Fsp3) is 0.538. The van der Waals surface area contributed by atoms with E-state index in [2.05, 4.69) is 25.8 Å². The van der Waals surface area contributed by atoms with Gasteiger partial charge in [-0.2, -0.15) is 0 Å². The van der Waals surface area contributed by atoms with Gasteiger partial charge in [0.1, 0.15) is 5.82 Å². The fourth-order valence-corrected chi connectivity index (χ4v) is 1.64. The summed E-state index contributed by atoms with van der Waals surface area (Å²) in [5.74, 6) is -0.211. The van der Waals surface area contributed by atoms with E-state index in [1.54, 1.807) is 0 Å². The smallest absolute Gasteiger partial charge is 0.127 e. The Hall–Kier alpha value is -0.930. The van der Waals surface area contributed by atoms with Crippen molar-refractivity contribution in [1.82, 2.24) is 4.90 Å². The van der Waals surface area contributed by atoms with Crippen LogP contribution in [-0.2, 0) is 13.1 Å². The molecule has 1 atom stereocenters. The Morgan fingerprint density at radius 2 is 2.12 bits per heavy atom. The summed E-state index contributed by atoms with van der Waals surface area (Å²) in [6, 6.07) is 5.72. The van der Waals surface area contributed by atoms with E-state index < -0.39 is 0 Å². The Bertz CT molecular complexity index is 339. The lowest BCUT2D eigenvalue weighted by Gasteiger charge is -2.23. The van der Waals surface area contributed by atoms with Crippen molar-refractivity contribution >= 4 is 0 Å². The molecule has 0 saturated carbocycles. The highest BCUT2D eigenvalue weighted by Gasteiger charge is 2.08. The molecule has 0 aromatic heterocycles. The second-order valence-electron chi connectivity index (χ2n) is 4.30. The molecule has 2 N–H and O–H groups in total. The van der Waals surface area contributed by atoms with Crippen molar-refractivity contribution in [1.29, 1.82) is 0 Å². The van der Waals surface area contributed by atoms with Gasteiger partial charge >= 0.3 is 0 Å². The summed E-state index contributed by atoms with van der Waals surface area (Å²) in [7, 11) is 2.08. The molecule has 0 fully saturated rings. The van der Waals surface area contributed by atoms with Crippen molar-refractivity contribution in [3.05, 3.63) is 35.1 Å². The van der Waals surface area contributed by atoms with E-state index >= 15 is 0 Å². The van der Waals surface area contributed by atoms with Crippen LogP contribution in [0.3, 0.4) is 0 Å². The third kappa shape index (κ3) is 3.29. The number of hydrogen-bond donors (Lipinski definition) is 1. The van der Waals surface area contributed by atoms with Gasteiger partial charge in [-0.05, 0) is 32.0 Å². The van der Waals surface area contributed by atoms with Crippen LogP contribution in [-0.4, -0.2) is 18.0 Å². The SMILES string of the molecule is CCC(C)N(C)Cc1ccc(F)c(CN)c1. The van der Waals surface area contributed by atoms with Crippen molar-refractivity contribution in [2.75, 3.05) is 7.05 Å². The van der Waals surface area contributed by atoms with Crippen LogP contribution in [0.4, 0.5) is 4.39 Å². The Morgan fingerprint density at radius 1 is 1.44 bits per heavy atom. The number of nitrogens with two attached hydrogens (primary N) is 1. The Labute approximate surface area is 97.3 Å². The monoisotopic (exact) mass is 224 g/mol. The van der Waals surface area contributed by atoms with Crippen molar-refractivity contribution < 1.29 is 4.39 Å². The third-order valence-corrected chi connectivity index (χ3v) is 3.11. The molecular formula is C13H21FN2. The molecule has 0 amide bonds. The predicted octanol–water partition coefficient (Wildman–Crippen LogP) is 2.51. The largest absolute Gasteiger partial charge is 0.326 e. The van der Waals surface area contributed by atoms with Crippen molar-refractivity contribution in [2.45, 2.75) is 39.4 Å². The van der Waals surface area contributed by atoms with Crippen LogP contribution in [0.2, 0.25) is 0 Å². The van der Waals surface area contributed by atoms with Gasteiger partial charge in [-0.3, -0.25) is 4.90 Å². The maximum absolute atomic E-state index is 13.2. The second-order valence-corrected chi connectivity index (χ2v) is 4.30. The van der Waals surface area contributed by atoms with Crippen LogP contribution in [0.1, 0.15) is 31.4 Å². The van der Waals surface area contributed by atoms with E-state index in [0.717, 1.165) is 18.5 Å². The molecule has 1 rings (SSSR count). The molecular weight excluding hydrogens is 203 g/mol. The average Bonchev–Trinajstić information content (AvgIpc) is 2.30. The number of benzene rings is 1. The zero-order valence-corrected chi connectivity index (χ0v) is 10.3. The molecule has 16 heavy (non-hydrogen) atoms. The minimum Gasteiger partial charge on any atom is -0.326 e. The summed E-state index contributed by atoms with van der Waals surface area (Å²) >= 11 is 0. The summed E-state index contributed by atoms with van der Waals surface area (Å²) in [6.45, 7) is 5.44. The molecule has 0 bridgehead atoms. The topological polar surface area (TPSA) is 29.3 Å². The second kappa shape index (κ2) is 5.97. The lowest BCUT2D eigenvalue weighted by atomic mass is 10.1. The first-order chi connectivity index (χ1) is 7.58. The molecule has 1 unspecified atom stereocenters. The first-order valence-corrected chi connectivity index (χ1v) is 5.76. The van der Waals surface area contributed by atoms with Gasteiger partial charge in [0.05, 0.1) is 0 Å². The van der Waals surface area contributed by atoms with Gasteiger partial charge in [0, 0.05) is 24.7 Å². The molecule has 0 spiro atoms. The molecule has 0 radical (unpaired) electrons. The first kappa shape index (κ1) is 13.1. The Morgan fingerprint density at radius 3 is 2.69 bits per heavy atom. The van der Waals surface area contributed by atoms with Gasteiger partial charge in [-0.15, -0.1) is 0 Å². The lowest BCUT2D eigenvalue weighted by molar-refractivity contribution is 0.243. The highest BCUT2D eigenvalue weighted by atomic mass is 19.1. The van der Waals surface area contributed by atoms with Crippen LogP contribution in [0.25, 0.3) is 0 Å². The summed E-state index contributed by atoms with van der Waals surface area (Å²) in [4.78, 5) is 2.26. The van der Waals surface area contributed by atoms with Gasteiger partial charge in [-0.25, -0.2) is 4.39 Å². The van der Waals surface area contributed by atoms with Crippen LogP contribution in [0, 0.1) is 5.82 Å². The van der Waals surface area contributed by atoms with Gasteiger partial charge in [0.15, 0.2) is 0 Å². The highest BCUT2D eigenvalue weighted by Crippen LogP contribution is 2.13. The molecule has 0 saturated heterocycles. The number of rotatable bonds is 5. The van der Waals surface area contributed by atoms with Gasteiger partial charge in [0.25, 0.3) is 0 Å². The molecule has 2 nitrogen and oxygen atoms in total. The van der Waals surface area contributed by atoms with Crippen molar-refractivity contribution in [3.8, 4) is 0 Å². The molecule has 0 aliphatic rings. The van der Waals surface area contributed by atoms with E-state index in [0.29, 0.717) is 11.6 Å². The molecule has 1 aromatic carbocycles. The Balaban J connectivity index is 2.74. The first-order valence-electron chi connectivity index (χ1n) is 5.76. The quantitative estimate of drug-likeness (QED) is 0.832. The van der Waals surface area contributed by atoms with E-state index in [-0.39, 0.29) is 12.4 Å². The minimum absolute atomic E-state index is 0.211. The predicted molar refractivity (Wildman–Crippen MR) is 65.5 cm³/mol. The van der Waals surface area contributed by atoms with Crippen LogP contribution < -0.4 is 5.73 Å².